The van der Waals surface area contributed by atoms with E-state index in [4.69, 9.17) is 5.11 Å². The molecule has 0 aliphatic rings. The van der Waals surface area contributed by atoms with E-state index < -0.39 is 30.8 Å². The molecule has 1 atom stereocenters. The Hall–Kier alpha value is -1.50. The van der Waals surface area contributed by atoms with Gasteiger partial charge < -0.3 is 10.4 Å². The van der Waals surface area contributed by atoms with E-state index in [-0.39, 0.29) is 6.42 Å². The van der Waals surface area contributed by atoms with Gasteiger partial charge in [0.05, 0.1) is 0 Å². The van der Waals surface area contributed by atoms with Gasteiger partial charge in [0.2, 0.25) is 12.3 Å². The second-order valence-electron chi connectivity index (χ2n) is 4.73. The Balaban J connectivity index is 2.15. The van der Waals surface area contributed by atoms with Crippen molar-refractivity contribution in [3.63, 3.8) is 0 Å². The summed E-state index contributed by atoms with van der Waals surface area (Å²) >= 11 is 1.69. The van der Waals surface area contributed by atoms with Crippen molar-refractivity contribution in [1.82, 2.24) is 5.32 Å². The van der Waals surface area contributed by atoms with Gasteiger partial charge in [0.1, 0.15) is 6.04 Å². The molecule has 1 aromatic heterocycles. The smallest absolute Gasteiger partial charge is 0.326 e. The molecule has 118 valence electrons. The standard InChI is InChI=1S/C14H19F2NO3S/c15-12(16)9-11(14(19)20)17-13(18)7-3-1-2-5-10-6-4-8-21-10/h4,6,8,11-12H,1-3,5,7,9H2,(H,17,18)(H,19,20). The first kappa shape index (κ1) is 17.6. The summed E-state index contributed by atoms with van der Waals surface area (Å²) in [5.41, 5.74) is 0. The number of unbranched alkanes of at least 4 members (excludes halogenated alkanes) is 2. The van der Waals surface area contributed by atoms with Crippen LogP contribution in [0.2, 0.25) is 0 Å². The molecule has 2 N–H and O–H groups in total. The maximum absolute atomic E-state index is 12.2. The van der Waals surface area contributed by atoms with Crippen molar-refractivity contribution in [3.8, 4) is 0 Å². The van der Waals surface area contributed by atoms with E-state index in [2.05, 4.69) is 11.4 Å². The zero-order valence-electron chi connectivity index (χ0n) is 11.6. The second kappa shape index (κ2) is 9.44. The molecular weight excluding hydrogens is 300 g/mol. The SMILES string of the molecule is O=C(CCCCCc1cccs1)NC(CC(F)F)C(=O)O. The lowest BCUT2D eigenvalue weighted by atomic mass is 10.1. The number of halogens is 2. The van der Waals surface area contributed by atoms with E-state index in [0.717, 1.165) is 19.3 Å². The predicted molar refractivity (Wildman–Crippen MR) is 76.7 cm³/mol. The largest absolute Gasteiger partial charge is 0.480 e. The predicted octanol–water partition coefficient (Wildman–Crippen LogP) is 3.08. The topological polar surface area (TPSA) is 66.4 Å². The van der Waals surface area contributed by atoms with Crippen LogP contribution in [0.5, 0.6) is 0 Å². The van der Waals surface area contributed by atoms with Crippen LogP contribution in [0.15, 0.2) is 17.5 Å². The number of aliphatic carboxylic acids is 1. The van der Waals surface area contributed by atoms with Gasteiger partial charge in [0.25, 0.3) is 0 Å². The highest BCUT2D eigenvalue weighted by Gasteiger charge is 2.23. The van der Waals surface area contributed by atoms with Crippen LogP contribution in [0, 0.1) is 0 Å². The molecule has 0 saturated carbocycles. The molecule has 0 saturated heterocycles. The average Bonchev–Trinajstić information content (AvgIpc) is 2.90. The molecule has 21 heavy (non-hydrogen) atoms. The molecule has 4 nitrogen and oxygen atoms in total. The third kappa shape index (κ3) is 7.75. The van der Waals surface area contributed by atoms with Gasteiger partial charge in [-0.05, 0) is 30.7 Å². The Morgan fingerprint density at radius 2 is 2.05 bits per heavy atom. The number of nitrogens with one attached hydrogen (secondary N) is 1. The first-order chi connectivity index (χ1) is 9.99. The van der Waals surface area contributed by atoms with Crippen molar-refractivity contribution in [3.05, 3.63) is 22.4 Å². The van der Waals surface area contributed by atoms with Crippen LogP contribution < -0.4 is 5.32 Å². The number of carboxylic acids is 1. The summed E-state index contributed by atoms with van der Waals surface area (Å²) in [5.74, 6) is -1.92. The van der Waals surface area contributed by atoms with Gasteiger partial charge in [-0.3, -0.25) is 4.79 Å². The Morgan fingerprint density at radius 1 is 1.29 bits per heavy atom. The Labute approximate surface area is 126 Å². The van der Waals surface area contributed by atoms with E-state index >= 15 is 0 Å². The maximum Gasteiger partial charge on any atom is 0.326 e. The third-order valence-electron chi connectivity index (χ3n) is 2.95. The number of carboxylic acid groups (broad SMARTS) is 1. The molecule has 1 heterocycles. The van der Waals surface area contributed by atoms with E-state index in [1.807, 2.05) is 11.4 Å². The van der Waals surface area contributed by atoms with Gasteiger partial charge in [0, 0.05) is 17.7 Å². The number of amides is 1. The number of carbonyl (C=O) groups is 2. The summed E-state index contributed by atoms with van der Waals surface area (Å²) in [6.07, 6.45) is -0.0694. The molecule has 1 amide bonds. The Morgan fingerprint density at radius 3 is 2.62 bits per heavy atom. The van der Waals surface area contributed by atoms with Crippen LogP contribution in [0.25, 0.3) is 0 Å². The van der Waals surface area contributed by atoms with Crippen LogP contribution in [-0.4, -0.2) is 29.5 Å². The summed E-state index contributed by atoms with van der Waals surface area (Å²) < 4.78 is 24.3. The van der Waals surface area contributed by atoms with E-state index in [0.29, 0.717) is 6.42 Å². The van der Waals surface area contributed by atoms with Gasteiger partial charge in [-0.15, -0.1) is 11.3 Å². The Bertz CT molecular complexity index is 437. The van der Waals surface area contributed by atoms with Crippen LogP contribution in [-0.2, 0) is 16.0 Å². The van der Waals surface area contributed by atoms with Gasteiger partial charge >= 0.3 is 5.97 Å². The minimum absolute atomic E-state index is 0.164. The molecule has 0 radical (unpaired) electrons. The van der Waals surface area contributed by atoms with Crippen molar-refractivity contribution in [2.45, 2.75) is 51.0 Å². The molecule has 1 unspecified atom stereocenters. The summed E-state index contributed by atoms with van der Waals surface area (Å²) in [5, 5.41) is 12.9. The van der Waals surface area contributed by atoms with Crippen LogP contribution in [0.4, 0.5) is 8.78 Å². The third-order valence-corrected chi connectivity index (χ3v) is 3.89. The molecule has 0 aromatic carbocycles. The maximum atomic E-state index is 12.2. The highest BCUT2D eigenvalue weighted by molar-refractivity contribution is 7.09. The van der Waals surface area contributed by atoms with Crippen molar-refractivity contribution in [2.75, 3.05) is 0 Å². The summed E-state index contributed by atoms with van der Waals surface area (Å²) in [6, 6.07) is 2.53. The number of hydrogen-bond acceptors (Lipinski definition) is 3. The normalized spacial score (nSPS) is 12.3. The molecule has 0 aliphatic heterocycles. The first-order valence-corrected chi connectivity index (χ1v) is 7.69. The molecule has 0 fully saturated rings. The molecule has 7 heteroatoms. The second-order valence-corrected chi connectivity index (χ2v) is 5.76. The Kier molecular flexibility index (Phi) is 7.89. The lowest BCUT2D eigenvalue weighted by Gasteiger charge is -2.13. The fourth-order valence-electron chi connectivity index (χ4n) is 1.88. The fourth-order valence-corrected chi connectivity index (χ4v) is 2.63. The lowest BCUT2D eigenvalue weighted by molar-refractivity contribution is -0.143. The van der Waals surface area contributed by atoms with E-state index in [1.165, 1.54) is 4.88 Å². The summed E-state index contributed by atoms with van der Waals surface area (Å²) in [6.45, 7) is 0. The van der Waals surface area contributed by atoms with Gasteiger partial charge in [0.15, 0.2) is 0 Å². The number of thiophene rings is 1. The quantitative estimate of drug-likeness (QED) is 0.651. The minimum Gasteiger partial charge on any atom is -0.480 e. The number of aryl methyl sites for hydroxylation is 1. The molecular formula is C14H19F2NO3S. The van der Waals surface area contributed by atoms with Gasteiger partial charge in [-0.1, -0.05) is 12.5 Å². The van der Waals surface area contributed by atoms with E-state index in [9.17, 15) is 18.4 Å². The van der Waals surface area contributed by atoms with Crippen LogP contribution >= 0.6 is 11.3 Å². The van der Waals surface area contributed by atoms with Crippen molar-refractivity contribution >= 4 is 23.2 Å². The van der Waals surface area contributed by atoms with Crippen LogP contribution in [0.1, 0.15) is 37.0 Å². The monoisotopic (exact) mass is 319 g/mol. The van der Waals surface area contributed by atoms with Gasteiger partial charge in [-0.2, -0.15) is 0 Å². The summed E-state index contributed by atoms with van der Waals surface area (Å²) in [7, 11) is 0. The molecule has 1 aromatic rings. The highest BCUT2D eigenvalue weighted by Crippen LogP contribution is 2.13. The fraction of sp³-hybridized carbons (Fsp3) is 0.571. The van der Waals surface area contributed by atoms with Crippen LogP contribution in [0.3, 0.4) is 0 Å². The average molecular weight is 319 g/mol. The zero-order chi connectivity index (χ0) is 15.7. The summed E-state index contributed by atoms with van der Waals surface area (Å²) in [4.78, 5) is 23.5. The molecule has 0 bridgehead atoms. The molecule has 1 rings (SSSR count). The van der Waals surface area contributed by atoms with Gasteiger partial charge in [-0.25, -0.2) is 13.6 Å². The van der Waals surface area contributed by atoms with Crippen molar-refractivity contribution in [2.24, 2.45) is 0 Å². The highest BCUT2D eigenvalue weighted by atomic mass is 32.1. The van der Waals surface area contributed by atoms with Crippen molar-refractivity contribution < 1.29 is 23.5 Å². The number of alkyl halides is 2. The molecule has 0 aliphatic carbocycles. The number of hydrogen-bond donors (Lipinski definition) is 2. The number of carbonyl (C=O) groups excluding carboxylic acids is 1. The zero-order valence-corrected chi connectivity index (χ0v) is 12.4. The van der Waals surface area contributed by atoms with E-state index in [1.54, 1.807) is 11.3 Å². The minimum atomic E-state index is -2.75. The molecule has 0 spiro atoms. The number of rotatable bonds is 10. The first-order valence-electron chi connectivity index (χ1n) is 6.81. The van der Waals surface area contributed by atoms with Crippen molar-refractivity contribution in [1.29, 1.82) is 0 Å². The lowest BCUT2D eigenvalue weighted by Crippen LogP contribution is -2.41.